The van der Waals surface area contributed by atoms with Crippen molar-refractivity contribution in [2.24, 2.45) is 5.92 Å². The quantitative estimate of drug-likeness (QED) is 0.771. The van der Waals surface area contributed by atoms with Crippen molar-refractivity contribution >= 4 is 17.6 Å². The number of carbonyl (C=O) groups is 2. The Balaban J connectivity index is 2.84. The summed E-state index contributed by atoms with van der Waals surface area (Å²) in [5.41, 5.74) is 0.963. The van der Waals surface area contributed by atoms with Gasteiger partial charge in [0.05, 0.1) is 0 Å². The number of amides is 1. The van der Waals surface area contributed by atoms with Crippen LogP contribution in [0.1, 0.15) is 12.5 Å². The number of carboxylic acid groups (broad SMARTS) is 1. The fraction of sp³-hybridized carbons (Fsp3) is 0.273. The highest BCUT2D eigenvalue weighted by Crippen LogP contribution is 2.16. The molecule has 0 saturated heterocycles. The van der Waals surface area contributed by atoms with Crippen molar-refractivity contribution in [1.82, 2.24) is 0 Å². The molecular weight excluding hydrogens is 213 g/mol. The molecule has 2 N–H and O–H groups in total. The van der Waals surface area contributed by atoms with Crippen LogP contribution in [0.5, 0.6) is 0 Å². The molecule has 1 amide bonds. The lowest BCUT2D eigenvalue weighted by Gasteiger charge is -2.10. The molecule has 5 heteroatoms. The lowest BCUT2D eigenvalue weighted by atomic mass is 10.1. The molecule has 0 radical (unpaired) electrons. The zero-order chi connectivity index (χ0) is 12.3. The Morgan fingerprint density at radius 1 is 1.44 bits per heavy atom. The molecular formula is C11H12FNO3. The summed E-state index contributed by atoms with van der Waals surface area (Å²) in [4.78, 5) is 22.0. The summed E-state index contributed by atoms with van der Waals surface area (Å²) in [6, 6.07) is 3.93. The molecule has 4 nitrogen and oxygen atoms in total. The van der Waals surface area contributed by atoms with Gasteiger partial charge in [-0.3, -0.25) is 9.59 Å². The average Bonchev–Trinajstić information content (AvgIpc) is 2.22. The molecule has 0 heterocycles. The number of hydrogen-bond acceptors (Lipinski definition) is 2. The van der Waals surface area contributed by atoms with Crippen LogP contribution in [-0.4, -0.2) is 17.0 Å². The number of aliphatic carboxylic acids is 1. The molecule has 86 valence electrons. The Morgan fingerprint density at radius 2 is 2.06 bits per heavy atom. The van der Waals surface area contributed by atoms with Gasteiger partial charge in [-0.25, -0.2) is 4.39 Å². The maximum Gasteiger partial charge on any atom is 0.315 e. The minimum absolute atomic E-state index is 0.290. The van der Waals surface area contributed by atoms with Gasteiger partial charge in [-0.1, -0.05) is 6.07 Å². The fourth-order valence-corrected chi connectivity index (χ4v) is 1.08. The molecule has 0 aromatic heterocycles. The van der Waals surface area contributed by atoms with Gasteiger partial charge in [-0.2, -0.15) is 0 Å². The van der Waals surface area contributed by atoms with Gasteiger partial charge in [0.25, 0.3) is 0 Å². The Morgan fingerprint density at radius 3 is 2.62 bits per heavy atom. The van der Waals surface area contributed by atoms with Crippen LogP contribution in [0.4, 0.5) is 10.1 Å². The standard InChI is InChI=1S/C11H12FNO3/c1-6-3-4-8(12)5-9(6)13-10(14)7(2)11(15)16/h3-5,7H,1-2H3,(H,13,14)(H,15,16). The van der Waals surface area contributed by atoms with Crippen LogP contribution in [-0.2, 0) is 9.59 Å². The molecule has 1 rings (SSSR count). The van der Waals surface area contributed by atoms with Crippen molar-refractivity contribution in [3.8, 4) is 0 Å². The zero-order valence-corrected chi connectivity index (χ0v) is 8.95. The monoisotopic (exact) mass is 225 g/mol. The zero-order valence-electron chi connectivity index (χ0n) is 8.95. The van der Waals surface area contributed by atoms with Crippen LogP contribution in [0.3, 0.4) is 0 Å². The number of rotatable bonds is 3. The second-order valence-corrected chi connectivity index (χ2v) is 3.51. The van der Waals surface area contributed by atoms with Gasteiger partial charge in [0.15, 0.2) is 0 Å². The molecule has 1 unspecified atom stereocenters. The number of halogens is 1. The van der Waals surface area contributed by atoms with E-state index in [2.05, 4.69) is 5.32 Å². The van der Waals surface area contributed by atoms with Gasteiger partial charge in [-0.15, -0.1) is 0 Å². The van der Waals surface area contributed by atoms with Gasteiger partial charge in [0.2, 0.25) is 5.91 Å². The van der Waals surface area contributed by atoms with Crippen molar-refractivity contribution in [2.45, 2.75) is 13.8 Å². The van der Waals surface area contributed by atoms with E-state index in [-0.39, 0.29) is 5.69 Å². The van der Waals surface area contributed by atoms with Crippen LogP contribution >= 0.6 is 0 Å². The molecule has 1 aromatic rings. The van der Waals surface area contributed by atoms with Crippen LogP contribution in [0.15, 0.2) is 18.2 Å². The van der Waals surface area contributed by atoms with E-state index in [1.165, 1.54) is 19.1 Å². The highest BCUT2D eigenvalue weighted by atomic mass is 19.1. The smallest absolute Gasteiger partial charge is 0.315 e. The number of hydrogen-bond donors (Lipinski definition) is 2. The third-order valence-electron chi connectivity index (χ3n) is 2.22. The fourth-order valence-electron chi connectivity index (χ4n) is 1.08. The van der Waals surface area contributed by atoms with E-state index in [0.29, 0.717) is 5.56 Å². The molecule has 1 atom stereocenters. The minimum Gasteiger partial charge on any atom is -0.481 e. The van der Waals surface area contributed by atoms with Crippen LogP contribution < -0.4 is 5.32 Å². The van der Waals surface area contributed by atoms with Gasteiger partial charge < -0.3 is 10.4 Å². The van der Waals surface area contributed by atoms with E-state index in [1.807, 2.05) is 0 Å². The van der Waals surface area contributed by atoms with E-state index in [4.69, 9.17) is 5.11 Å². The van der Waals surface area contributed by atoms with Crippen molar-refractivity contribution in [3.05, 3.63) is 29.6 Å². The molecule has 0 aliphatic heterocycles. The van der Waals surface area contributed by atoms with Crippen molar-refractivity contribution in [3.63, 3.8) is 0 Å². The van der Waals surface area contributed by atoms with E-state index in [1.54, 1.807) is 6.92 Å². The SMILES string of the molecule is Cc1ccc(F)cc1NC(=O)C(C)C(=O)O. The second-order valence-electron chi connectivity index (χ2n) is 3.51. The predicted octanol–water partition coefficient (Wildman–Crippen LogP) is 1.79. The van der Waals surface area contributed by atoms with E-state index in [0.717, 1.165) is 6.07 Å². The number of anilines is 1. The Kier molecular flexibility index (Phi) is 3.60. The summed E-state index contributed by atoms with van der Waals surface area (Å²) in [6.45, 7) is 2.97. The first-order valence-electron chi connectivity index (χ1n) is 4.71. The first-order chi connectivity index (χ1) is 7.41. The molecule has 1 aromatic carbocycles. The third kappa shape index (κ3) is 2.79. The third-order valence-corrected chi connectivity index (χ3v) is 2.22. The summed E-state index contributed by atoms with van der Waals surface area (Å²) in [6.07, 6.45) is 0. The van der Waals surface area contributed by atoms with Gasteiger partial charge in [0.1, 0.15) is 11.7 Å². The highest BCUT2D eigenvalue weighted by molar-refractivity contribution is 6.04. The molecule has 0 fully saturated rings. The summed E-state index contributed by atoms with van der Waals surface area (Å²) in [7, 11) is 0. The number of aryl methyl sites for hydroxylation is 1. The maximum absolute atomic E-state index is 12.9. The Labute approximate surface area is 92.1 Å². The van der Waals surface area contributed by atoms with Crippen molar-refractivity contribution < 1.29 is 19.1 Å². The molecule has 0 bridgehead atoms. The predicted molar refractivity (Wildman–Crippen MR) is 56.6 cm³/mol. The molecule has 0 spiro atoms. The summed E-state index contributed by atoms with van der Waals surface area (Å²) >= 11 is 0. The first kappa shape index (κ1) is 12.2. The van der Waals surface area contributed by atoms with Crippen molar-refractivity contribution in [1.29, 1.82) is 0 Å². The number of nitrogens with one attached hydrogen (secondary N) is 1. The molecule has 0 aliphatic carbocycles. The maximum atomic E-state index is 12.9. The summed E-state index contributed by atoms with van der Waals surface area (Å²) < 4.78 is 12.9. The number of carboxylic acids is 1. The van der Waals surface area contributed by atoms with E-state index < -0.39 is 23.6 Å². The van der Waals surface area contributed by atoms with Gasteiger partial charge in [0, 0.05) is 5.69 Å². The normalized spacial score (nSPS) is 11.9. The average molecular weight is 225 g/mol. The highest BCUT2D eigenvalue weighted by Gasteiger charge is 2.20. The Hall–Kier alpha value is -1.91. The topological polar surface area (TPSA) is 66.4 Å². The van der Waals surface area contributed by atoms with Gasteiger partial charge >= 0.3 is 5.97 Å². The number of benzene rings is 1. The van der Waals surface area contributed by atoms with Crippen molar-refractivity contribution in [2.75, 3.05) is 5.32 Å². The van der Waals surface area contributed by atoms with Crippen LogP contribution in [0.25, 0.3) is 0 Å². The molecule has 0 aliphatic rings. The van der Waals surface area contributed by atoms with E-state index in [9.17, 15) is 14.0 Å². The largest absolute Gasteiger partial charge is 0.481 e. The second kappa shape index (κ2) is 4.74. The summed E-state index contributed by atoms with van der Waals surface area (Å²) in [5.74, 6) is -3.53. The minimum atomic E-state index is -1.22. The Bertz CT molecular complexity index is 431. The summed E-state index contributed by atoms with van der Waals surface area (Å²) in [5, 5.41) is 11.0. The molecule has 16 heavy (non-hydrogen) atoms. The van der Waals surface area contributed by atoms with Gasteiger partial charge in [-0.05, 0) is 31.5 Å². The number of carbonyl (C=O) groups excluding carboxylic acids is 1. The molecule has 0 saturated carbocycles. The van der Waals surface area contributed by atoms with Crippen LogP contribution in [0, 0.1) is 18.7 Å². The van der Waals surface area contributed by atoms with Crippen LogP contribution in [0.2, 0.25) is 0 Å². The lowest BCUT2D eigenvalue weighted by molar-refractivity contribution is -0.144. The first-order valence-corrected chi connectivity index (χ1v) is 4.71. The van der Waals surface area contributed by atoms with E-state index >= 15 is 0 Å². The lowest BCUT2D eigenvalue weighted by Crippen LogP contribution is -2.27.